The monoisotopic (exact) mass is 651 g/mol. The van der Waals surface area contributed by atoms with Gasteiger partial charge in [0.1, 0.15) is 17.2 Å². The first-order valence-corrected chi connectivity index (χ1v) is 17.7. The smallest absolute Gasteiger partial charge is 0.232 e. The number of halogens is 2. The van der Waals surface area contributed by atoms with Crippen molar-refractivity contribution in [2.75, 3.05) is 78.5 Å². The molecule has 2 aromatic heterocycles. The third-order valence-electron chi connectivity index (χ3n) is 9.45. The molecular weight excluding hydrogens is 612 g/mol. The molecule has 0 radical (unpaired) electrons. The molecule has 3 aliphatic heterocycles. The fourth-order valence-corrected chi connectivity index (χ4v) is 8.01. The van der Waals surface area contributed by atoms with E-state index in [2.05, 4.69) is 42.3 Å². The number of fused-ring (bicyclic) bond motifs is 2. The van der Waals surface area contributed by atoms with Gasteiger partial charge in [0, 0.05) is 63.7 Å². The molecule has 7 rings (SSSR count). The number of para-hydroxylation sites is 1. The van der Waals surface area contributed by atoms with Gasteiger partial charge < -0.3 is 25.4 Å². The SMILES string of the molecule is CCN1CCN(C2CCN(c3c(F)cc(Nc4nc(Nc5cccc6c5N(S(C)(=O)=O)CC6)c5cc[nH]c5n4)cc3F)CC2)CC1. The molecule has 0 bridgehead atoms. The number of hydrogen-bond acceptors (Lipinski definition) is 9. The van der Waals surface area contributed by atoms with Crippen LogP contribution in [0, 0.1) is 11.6 Å². The van der Waals surface area contributed by atoms with Gasteiger partial charge in [-0.3, -0.25) is 9.21 Å². The molecule has 0 saturated carbocycles. The third kappa shape index (κ3) is 5.96. The van der Waals surface area contributed by atoms with Crippen molar-refractivity contribution in [3.8, 4) is 0 Å². The number of likely N-dealkylation sites (N-methyl/N-ethyl adjacent to an activating group) is 1. The van der Waals surface area contributed by atoms with Crippen molar-refractivity contribution < 1.29 is 17.2 Å². The number of anilines is 6. The fraction of sp³-hybridized carbons (Fsp3) is 0.438. The summed E-state index contributed by atoms with van der Waals surface area (Å²) in [5, 5.41) is 6.94. The highest BCUT2D eigenvalue weighted by atomic mass is 32.2. The summed E-state index contributed by atoms with van der Waals surface area (Å²) in [6.45, 7) is 9.05. The number of nitrogens with zero attached hydrogens (tertiary/aromatic N) is 6. The summed E-state index contributed by atoms with van der Waals surface area (Å²) >= 11 is 0. The lowest BCUT2D eigenvalue weighted by molar-refractivity contribution is 0.0877. The normalized spacial score (nSPS) is 18.3. The molecule has 5 heterocycles. The van der Waals surface area contributed by atoms with Crippen molar-refractivity contribution in [2.24, 2.45) is 0 Å². The van der Waals surface area contributed by atoms with Crippen LogP contribution in [-0.2, 0) is 16.4 Å². The van der Waals surface area contributed by atoms with Crippen molar-refractivity contribution in [3.63, 3.8) is 0 Å². The minimum atomic E-state index is -3.48. The number of piperidine rings is 1. The van der Waals surface area contributed by atoms with Gasteiger partial charge in [-0.2, -0.15) is 9.97 Å². The molecule has 11 nitrogen and oxygen atoms in total. The van der Waals surface area contributed by atoms with E-state index in [4.69, 9.17) is 0 Å². The van der Waals surface area contributed by atoms with Crippen LogP contribution in [-0.4, -0.2) is 97.8 Å². The van der Waals surface area contributed by atoms with Gasteiger partial charge >= 0.3 is 0 Å². The highest BCUT2D eigenvalue weighted by Crippen LogP contribution is 2.39. The average Bonchev–Trinajstić information content (AvgIpc) is 3.70. The zero-order valence-electron chi connectivity index (χ0n) is 26.1. The molecule has 2 saturated heterocycles. The summed E-state index contributed by atoms with van der Waals surface area (Å²) in [4.78, 5) is 19.0. The number of H-pyrrole nitrogens is 1. The molecule has 2 aromatic carbocycles. The van der Waals surface area contributed by atoms with Crippen molar-refractivity contribution in [1.82, 2.24) is 24.8 Å². The van der Waals surface area contributed by atoms with Crippen LogP contribution in [0.2, 0.25) is 0 Å². The average molecular weight is 652 g/mol. The van der Waals surface area contributed by atoms with Crippen LogP contribution in [0.15, 0.2) is 42.6 Å². The highest BCUT2D eigenvalue weighted by molar-refractivity contribution is 7.92. The van der Waals surface area contributed by atoms with E-state index < -0.39 is 21.7 Å². The van der Waals surface area contributed by atoms with E-state index in [9.17, 15) is 8.42 Å². The third-order valence-corrected chi connectivity index (χ3v) is 10.6. The van der Waals surface area contributed by atoms with Crippen LogP contribution in [0.3, 0.4) is 0 Å². The maximum atomic E-state index is 15.5. The molecule has 0 aliphatic carbocycles. The topological polar surface area (TPSA) is 113 Å². The first-order chi connectivity index (χ1) is 22.2. The summed E-state index contributed by atoms with van der Waals surface area (Å²) in [5.41, 5.74) is 2.77. The summed E-state index contributed by atoms with van der Waals surface area (Å²) < 4.78 is 57.4. The number of nitrogens with one attached hydrogen (secondary N) is 3. The van der Waals surface area contributed by atoms with Crippen LogP contribution in [0.5, 0.6) is 0 Å². The van der Waals surface area contributed by atoms with Gasteiger partial charge in [-0.15, -0.1) is 0 Å². The lowest BCUT2D eigenvalue weighted by atomic mass is 10.0. The molecule has 2 fully saturated rings. The second-order valence-electron chi connectivity index (χ2n) is 12.3. The van der Waals surface area contributed by atoms with Gasteiger partial charge in [-0.25, -0.2) is 17.2 Å². The molecular formula is C32H39F2N9O2S. The Morgan fingerprint density at radius 2 is 1.67 bits per heavy atom. The van der Waals surface area contributed by atoms with Crippen LogP contribution >= 0.6 is 0 Å². The van der Waals surface area contributed by atoms with Gasteiger partial charge in [0.2, 0.25) is 16.0 Å². The van der Waals surface area contributed by atoms with Gasteiger partial charge in [0.15, 0.2) is 11.6 Å². The van der Waals surface area contributed by atoms with Crippen molar-refractivity contribution in [1.29, 1.82) is 0 Å². The molecule has 0 atom stereocenters. The number of benzene rings is 2. The van der Waals surface area contributed by atoms with Gasteiger partial charge in [0.25, 0.3) is 0 Å². The number of rotatable bonds is 8. The minimum Gasteiger partial charge on any atom is -0.367 e. The Bertz CT molecular complexity index is 1830. The largest absolute Gasteiger partial charge is 0.367 e. The Balaban J connectivity index is 1.09. The van der Waals surface area contributed by atoms with E-state index in [1.165, 1.54) is 22.7 Å². The van der Waals surface area contributed by atoms with E-state index >= 15 is 8.78 Å². The lowest BCUT2D eigenvalue weighted by Crippen LogP contribution is -2.53. The second kappa shape index (κ2) is 12.3. The first-order valence-electron chi connectivity index (χ1n) is 15.9. The fourth-order valence-electron chi connectivity index (χ4n) is 7.04. The standard InChI is InChI=1S/C32H39F2N9O2S/c1-3-40-15-17-41(18-16-40)23-9-12-42(13-10-23)29-25(33)19-22(20-26(29)34)36-32-38-30-24(7-11-35-30)31(39-32)37-27-6-4-5-21-8-14-43(28(21)27)46(2,44)45/h4-7,11,19-20,23H,3,8-10,12-18H2,1-2H3,(H3,35,36,37,38,39). The number of sulfonamides is 1. The van der Waals surface area contributed by atoms with E-state index in [0.717, 1.165) is 51.1 Å². The van der Waals surface area contributed by atoms with Crippen molar-refractivity contribution in [3.05, 3.63) is 59.8 Å². The summed E-state index contributed by atoms with van der Waals surface area (Å²) in [5.74, 6) is -0.741. The predicted octanol–water partition coefficient (Wildman–Crippen LogP) is 4.65. The predicted molar refractivity (Wildman–Crippen MR) is 178 cm³/mol. The molecule has 0 unspecified atom stereocenters. The van der Waals surface area contributed by atoms with Crippen molar-refractivity contribution >= 4 is 55.6 Å². The minimum absolute atomic E-state index is 0.00346. The second-order valence-corrected chi connectivity index (χ2v) is 14.2. The van der Waals surface area contributed by atoms with Gasteiger partial charge in [-0.1, -0.05) is 19.1 Å². The Labute approximate surface area is 267 Å². The van der Waals surface area contributed by atoms with Crippen LogP contribution in [0.25, 0.3) is 11.0 Å². The van der Waals surface area contributed by atoms with E-state index in [-0.39, 0.29) is 17.3 Å². The molecule has 244 valence electrons. The first kappa shape index (κ1) is 30.6. The summed E-state index contributed by atoms with van der Waals surface area (Å²) in [6.07, 6.45) is 5.26. The number of hydrogen-bond donors (Lipinski definition) is 3. The lowest BCUT2D eigenvalue weighted by Gasteiger charge is -2.43. The molecule has 3 N–H and O–H groups in total. The van der Waals surface area contributed by atoms with Crippen molar-refractivity contribution in [2.45, 2.75) is 32.2 Å². The Kier molecular flexibility index (Phi) is 8.19. The molecule has 0 spiro atoms. The van der Waals surface area contributed by atoms with E-state index in [0.29, 0.717) is 60.3 Å². The maximum absolute atomic E-state index is 15.5. The molecule has 3 aliphatic rings. The zero-order chi connectivity index (χ0) is 32.0. The Morgan fingerprint density at radius 1 is 0.935 bits per heavy atom. The van der Waals surface area contributed by atoms with Crippen LogP contribution in [0.4, 0.5) is 43.3 Å². The highest BCUT2D eigenvalue weighted by Gasteiger charge is 2.31. The summed E-state index contributed by atoms with van der Waals surface area (Å²) in [7, 11) is -3.48. The van der Waals surface area contributed by atoms with Crippen LogP contribution in [0.1, 0.15) is 25.3 Å². The zero-order valence-corrected chi connectivity index (χ0v) is 26.9. The molecule has 46 heavy (non-hydrogen) atoms. The maximum Gasteiger partial charge on any atom is 0.232 e. The Hall–Kier alpha value is -4.01. The van der Waals surface area contributed by atoms with Gasteiger partial charge in [-0.05, 0) is 55.6 Å². The number of piperazine rings is 1. The van der Waals surface area contributed by atoms with Crippen LogP contribution < -0.4 is 19.8 Å². The van der Waals surface area contributed by atoms with Gasteiger partial charge in [0.05, 0.1) is 23.0 Å². The number of aromatic amines is 1. The van der Waals surface area contributed by atoms with E-state index in [1.807, 2.05) is 17.0 Å². The molecule has 0 amide bonds. The molecule has 14 heteroatoms. The van der Waals surface area contributed by atoms with E-state index in [1.54, 1.807) is 18.3 Å². The number of aromatic nitrogens is 3. The molecule has 4 aromatic rings. The Morgan fingerprint density at radius 3 is 2.37 bits per heavy atom. The quantitative estimate of drug-likeness (QED) is 0.251. The summed E-state index contributed by atoms with van der Waals surface area (Å²) in [6, 6.07) is 10.4.